The van der Waals surface area contributed by atoms with Crippen LogP contribution in [0.15, 0.2) is 72.8 Å². The molecule has 1 atom stereocenters. The minimum absolute atomic E-state index is 0.139. The molecule has 3 rings (SSSR count). The Hall–Kier alpha value is -3.93. The maximum atomic E-state index is 12.7. The van der Waals surface area contributed by atoms with E-state index in [9.17, 15) is 14.4 Å². The fourth-order valence-corrected chi connectivity index (χ4v) is 5.09. The van der Waals surface area contributed by atoms with Crippen LogP contribution in [-0.2, 0) is 9.53 Å². The summed E-state index contributed by atoms with van der Waals surface area (Å²) < 4.78 is 16.6. The van der Waals surface area contributed by atoms with Crippen LogP contribution >= 0.6 is 0 Å². The number of esters is 3. The van der Waals surface area contributed by atoms with Crippen LogP contribution in [0.3, 0.4) is 0 Å². The van der Waals surface area contributed by atoms with Crippen LogP contribution in [0, 0.1) is 0 Å². The Bertz CT molecular complexity index is 1290. The first-order valence-electron chi connectivity index (χ1n) is 16.8. The smallest absolute Gasteiger partial charge is 0.343 e. The molecule has 3 aromatic carbocycles. The Balaban J connectivity index is 1.41. The standard InChI is InChI=1S/C39H50O6/c1-4-6-8-10-11-12-13-15-17-37(40)44-35-26-22-32(23-27-35)31-18-20-33(21-19-31)39(42)45-36-28-24-34(25-29-36)38(41)43-30(3)16-14-9-7-5-2/h18-30H,4-17H2,1-3H3/t30-/m1/s1. The Morgan fingerprint density at radius 2 is 0.978 bits per heavy atom. The lowest BCUT2D eigenvalue weighted by atomic mass is 10.0. The molecule has 6 heteroatoms. The molecule has 0 heterocycles. The molecule has 0 aliphatic carbocycles. The van der Waals surface area contributed by atoms with Crippen molar-refractivity contribution in [1.82, 2.24) is 0 Å². The van der Waals surface area contributed by atoms with E-state index in [0.717, 1.165) is 43.2 Å². The van der Waals surface area contributed by atoms with E-state index < -0.39 is 5.97 Å². The molecule has 0 N–H and O–H groups in total. The van der Waals surface area contributed by atoms with Gasteiger partial charge in [0.1, 0.15) is 11.5 Å². The van der Waals surface area contributed by atoms with E-state index in [1.807, 2.05) is 31.2 Å². The predicted octanol–water partition coefficient (Wildman–Crippen LogP) is 10.5. The van der Waals surface area contributed by atoms with Gasteiger partial charge in [0.15, 0.2) is 0 Å². The van der Waals surface area contributed by atoms with Crippen LogP contribution in [0.2, 0.25) is 0 Å². The summed E-state index contributed by atoms with van der Waals surface area (Å²) in [5, 5.41) is 0. The van der Waals surface area contributed by atoms with Gasteiger partial charge in [-0.15, -0.1) is 0 Å². The number of carbonyl (C=O) groups is 3. The molecule has 0 fully saturated rings. The van der Waals surface area contributed by atoms with Crippen molar-refractivity contribution >= 4 is 17.9 Å². The number of rotatable bonds is 20. The summed E-state index contributed by atoms with van der Waals surface area (Å²) in [6.45, 7) is 6.30. The molecule has 0 saturated heterocycles. The third kappa shape index (κ3) is 13.3. The van der Waals surface area contributed by atoms with E-state index in [0.29, 0.717) is 29.0 Å². The van der Waals surface area contributed by atoms with E-state index >= 15 is 0 Å². The normalized spacial score (nSPS) is 11.5. The molecule has 0 bridgehead atoms. The lowest BCUT2D eigenvalue weighted by molar-refractivity contribution is -0.134. The summed E-state index contributed by atoms with van der Waals surface area (Å²) >= 11 is 0. The molecular weight excluding hydrogens is 564 g/mol. The minimum Gasteiger partial charge on any atom is -0.459 e. The maximum Gasteiger partial charge on any atom is 0.343 e. The molecule has 0 aliphatic heterocycles. The zero-order valence-electron chi connectivity index (χ0n) is 27.4. The van der Waals surface area contributed by atoms with Gasteiger partial charge >= 0.3 is 17.9 Å². The van der Waals surface area contributed by atoms with Gasteiger partial charge in [-0.2, -0.15) is 0 Å². The second kappa shape index (κ2) is 20.2. The van der Waals surface area contributed by atoms with Gasteiger partial charge in [0.25, 0.3) is 0 Å². The van der Waals surface area contributed by atoms with Gasteiger partial charge in [-0.3, -0.25) is 4.79 Å². The molecule has 0 spiro atoms. The summed E-state index contributed by atoms with van der Waals surface area (Å²) in [6.07, 6.45) is 15.2. The SMILES string of the molecule is CCCCCCCCCCC(=O)Oc1ccc(-c2ccc(C(=O)Oc3ccc(C(=O)O[C@H](C)CCCCCC)cc3)cc2)cc1. The molecular formula is C39H50O6. The van der Waals surface area contributed by atoms with Gasteiger partial charge in [-0.25, -0.2) is 9.59 Å². The van der Waals surface area contributed by atoms with E-state index in [1.165, 1.54) is 51.4 Å². The lowest BCUT2D eigenvalue weighted by Gasteiger charge is -2.13. The maximum absolute atomic E-state index is 12.7. The van der Waals surface area contributed by atoms with Crippen molar-refractivity contribution in [1.29, 1.82) is 0 Å². The van der Waals surface area contributed by atoms with Gasteiger partial charge in [0, 0.05) is 6.42 Å². The average Bonchev–Trinajstić information content (AvgIpc) is 3.05. The van der Waals surface area contributed by atoms with Crippen molar-refractivity contribution in [2.75, 3.05) is 0 Å². The number of unbranched alkanes of at least 4 members (excludes halogenated alkanes) is 10. The number of ether oxygens (including phenoxy) is 3. The van der Waals surface area contributed by atoms with Crippen molar-refractivity contribution in [3.63, 3.8) is 0 Å². The van der Waals surface area contributed by atoms with Crippen LogP contribution in [0.1, 0.15) is 131 Å². The molecule has 242 valence electrons. The Morgan fingerprint density at radius 1 is 0.533 bits per heavy atom. The van der Waals surface area contributed by atoms with Crippen molar-refractivity contribution in [3.8, 4) is 22.6 Å². The first-order chi connectivity index (χ1) is 21.9. The third-order valence-corrected chi connectivity index (χ3v) is 7.85. The number of benzene rings is 3. The zero-order valence-corrected chi connectivity index (χ0v) is 27.4. The molecule has 0 unspecified atom stereocenters. The summed E-state index contributed by atoms with van der Waals surface area (Å²) in [5.74, 6) is -0.192. The van der Waals surface area contributed by atoms with Crippen LogP contribution in [0.25, 0.3) is 11.1 Å². The monoisotopic (exact) mass is 614 g/mol. The quantitative estimate of drug-likeness (QED) is 0.0716. The highest BCUT2D eigenvalue weighted by Gasteiger charge is 2.14. The fraction of sp³-hybridized carbons (Fsp3) is 0.462. The lowest BCUT2D eigenvalue weighted by Crippen LogP contribution is -2.15. The van der Waals surface area contributed by atoms with Gasteiger partial charge in [0.05, 0.1) is 17.2 Å². The predicted molar refractivity (Wildman–Crippen MR) is 180 cm³/mol. The average molecular weight is 615 g/mol. The highest BCUT2D eigenvalue weighted by Crippen LogP contribution is 2.24. The topological polar surface area (TPSA) is 78.9 Å². The van der Waals surface area contributed by atoms with E-state index in [1.54, 1.807) is 48.5 Å². The summed E-state index contributed by atoms with van der Waals surface area (Å²) in [4.78, 5) is 37.4. The largest absolute Gasteiger partial charge is 0.459 e. The molecule has 0 aromatic heterocycles. The number of hydrogen-bond donors (Lipinski definition) is 0. The zero-order chi connectivity index (χ0) is 32.3. The molecule has 0 radical (unpaired) electrons. The second-order valence-electron chi connectivity index (χ2n) is 11.8. The fourth-order valence-electron chi connectivity index (χ4n) is 5.09. The van der Waals surface area contributed by atoms with E-state index in [2.05, 4.69) is 13.8 Å². The number of hydrogen-bond acceptors (Lipinski definition) is 6. The Kier molecular flexibility index (Phi) is 15.9. The van der Waals surface area contributed by atoms with Crippen molar-refractivity contribution in [3.05, 3.63) is 83.9 Å². The van der Waals surface area contributed by atoms with Gasteiger partial charge in [-0.05, 0) is 85.8 Å². The first-order valence-corrected chi connectivity index (χ1v) is 16.8. The van der Waals surface area contributed by atoms with E-state index in [-0.39, 0.29) is 18.0 Å². The van der Waals surface area contributed by atoms with Gasteiger partial charge in [-0.1, -0.05) is 102 Å². The molecule has 45 heavy (non-hydrogen) atoms. The molecule has 0 amide bonds. The van der Waals surface area contributed by atoms with E-state index in [4.69, 9.17) is 14.2 Å². The third-order valence-electron chi connectivity index (χ3n) is 7.85. The highest BCUT2D eigenvalue weighted by atomic mass is 16.5. The first kappa shape index (κ1) is 35.5. The van der Waals surface area contributed by atoms with Crippen LogP contribution in [0.4, 0.5) is 0 Å². The van der Waals surface area contributed by atoms with Gasteiger partial charge < -0.3 is 14.2 Å². The molecule has 6 nitrogen and oxygen atoms in total. The second-order valence-corrected chi connectivity index (χ2v) is 11.8. The molecule has 0 aliphatic rings. The van der Waals surface area contributed by atoms with Crippen molar-refractivity contribution < 1.29 is 28.6 Å². The summed E-state index contributed by atoms with van der Waals surface area (Å²) in [5.41, 5.74) is 2.69. The minimum atomic E-state index is -0.490. The highest BCUT2D eigenvalue weighted by molar-refractivity contribution is 5.92. The Morgan fingerprint density at radius 3 is 1.58 bits per heavy atom. The van der Waals surface area contributed by atoms with Crippen molar-refractivity contribution in [2.45, 2.75) is 117 Å². The Labute approximate surface area is 269 Å². The molecule has 0 saturated carbocycles. The van der Waals surface area contributed by atoms with Crippen molar-refractivity contribution in [2.24, 2.45) is 0 Å². The summed E-state index contributed by atoms with van der Waals surface area (Å²) in [7, 11) is 0. The van der Waals surface area contributed by atoms with Crippen LogP contribution in [-0.4, -0.2) is 24.0 Å². The van der Waals surface area contributed by atoms with Crippen LogP contribution in [0.5, 0.6) is 11.5 Å². The number of carbonyl (C=O) groups excluding carboxylic acids is 3. The summed E-state index contributed by atoms with van der Waals surface area (Å²) in [6, 6.07) is 20.9. The van der Waals surface area contributed by atoms with Gasteiger partial charge in [0.2, 0.25) is 0 Å². The van der Waals surface area contributed by atoms with Crippen LogP contribution < -0.4 is 9.47 Å². The molecule has 3 aromatic rings.